The lowest BCUT2D eigenvalue weighted by atomic mass is 9.74. The van der Waals surface area contributed by atoms with Gasteiger partial charge in [-0.2, -0.15) is 0 Å². The molecule has 0 amide bonds. The highest BCUT2D eigenvalue weighted by Crippen LogP contribution is 2.46. The van der Waals surface area contributed by atoms with E-state index >= 15 is 0 Å². The molecule has 0 saturated carbocycles. The third-order valence-corrected chi connectivity index (χ3v) is 4.54. The first-order valence-electron chi connectivity index (χ1n) is 8.99. The second-order valence-corrected chi connectivity index (χ2v) is 7.93. The number of rotatable bonds is 4. The molecule has 1 heterocycles. The maximum atomic E-state index is 11.7. The highest BCUT2D eigenvalue weighted by atomic mass is 16.5. The molecule has 0 fully saturated rings. The molecule has 138 valence electrons. The molecule has 4 heteroatoms. The SMILES string of the molecule is CCOC(=O)c1ccc(Oc2ccc3c(c2)OC(C)(C)CC3(C)C)cc1. The molecule has 26 heavy (non-hydrogen) atoms. The summed E-state index contributed by atoms with van der Waals surface area (Å²) in [6, 6.07) is 12.9. The van der Waals surface area contributed by atoms with E-state index in [4.69, 9.17) is 14.2 Å². The van der Waals surface area contributed by atoms with Crippen molar-refractivity contribution < 1.29 is 19.0 Å². The van der Waals surface area contributed by atoms with Crippen LogP contribution >= 0.6 is 0 Å². The zero-order valence-electron chi connectivity index (χ0n) is 16.1. The van der Waals surface area contributed by atoms with Gasteiger partial charge in [0.25, 0.3) is 0 Å². The van der Waals surface area contributed by atoms with Crippen molar-refractivity contribution in [2.45, 2.75) is 52.1 Å². The molecule has 0 spiro atoms. The predicted molar refractivity (Wildman–Crippen MR) is 101 cm³/mol. The minimum atomic E-state index is -0.328. The van der Waals surface area contributed by atoms with Crippen LogP contribution in [0.5, 0.6) is 17.2 Å². The lowest BCUT2D eigenvalue weighted by molar-refractivity contribution is 0.0521. The van der Waals surface area contributed by atoms with Gasteiger partial charge in [0.05, 0.1) is 12.2 Å². The number of hydrogen-bond donors (Lipinski definition) is 0. The number of hydrogen-bond acceptors (Lipinski definition) is 4. The Bertz CT molecular complexity index is 803. The summed E-state index contributed by atoms with van der Waals surface area (Å²) in [6.07, 6.45) is 0.961. The highest BCUT2D eigenvalue weighted by Gasteiger charge is 2.39. The van der Waals surface area contributed by atoms with E-state index in [0.29, 0.717) is 23.7 Å². The van der Waals surface area contributed by atoms with E-state index in [1.54, 1.807) is 31.2 Å². The summed E-state index contributed by atoms with van der Waals surface area (Å²) in [4.78, 5) is 11.7. The van der Waals surface area contributed by atoms with Gasteiger partial charge in [0.15, 0.2) is 0 Å². The van der Waals surface area contributed by atoms with Crippen LogP contribution in [0.3, 0.4) is 0 Å². The minimum absolute atomic E-state index is 0.0525. The van der Waals surface area contributed by atoms with Crippen molar-refractivity contribution in [3.05, 3.63) is 53.6 Å². The van der Waals surface area contributed by atoms with Gasteiger partial charge in [0, 0.05) is 11.6 Å². The van der Waals surface area contributed by atoms with E-state index in [-0.39, 0.29) is 17.0 Å². The average molecular weight is 354 g/mol. The Balaban J connectivity index is 1.80. The monoisotopic (exact) mass is 354 g/mol. The molecular formula is C22H26O4. The quantitative estimate of drug-likeness (QED) is 0.681. The molecule has 0 radical (unpaired) electrons. The van der Waals surface area contributed by atoms with Gasteiger partial charge in [-0.3, -0.25) is 0 Å². The molecule has 0 bridgehead atoms. The fourth-order valence-electron chi connectivity index (χ4n) is 3.71. The maximum Gasteiger partial charge on any atom is 0.338 e. The predicted octanol–water partition coefficient (Wildman–Crippen LogP) is 5.49. The van der Waals surface area contributed by atoms with Crippen LogP contribution in [0.4, 0.5) is 0 Å². The lowest BCUT2D eigenvalue weighted by Crippen LogP contribution is -2.41. The van der Waals surface area contributed by atoms with Gasteiger partial charge in [-0.1, -0.05) is 19.9 Å². The summed E-state index contributed by atoms with van der Waals surface area (Å²) in [5.41, 5.74) is 1.55. The van der Waals surface area contributed by atoms with Gasteiger partial charge in [0.2, 0.25) is 0 Å². The van der Waals surface area contributed by atoms with Gasteiger partial charge >= 0.3 is 5.97 Å². The Kier molecular flexibility index (Phi) is 4.70. The highest BCUT2D eigenvalue weighted by molar-refractivity contribution is 5.89. The van der Waals surface area contributed by atoms with Gasteiger partial charge < -0.3 is 14.2 Å². The van der Waals surface area contributed by atoms with Crippen molar-refractivity contribution in [2.75, 3.05) is 6.61 Å². The second-order valence-electron chi connectivity index (χ2n) is 7.93. The molecule has 1 aliphatic heterocycles. The Morgan fingerprint density at radius 3 is 2.35 bits per heavy atom. The van der Waals surface area contributed by atoms with Crippen LogP contribution in [-0.2, 0) is 10.2 Å². The molecule has 0 saturated heterocycles. The molecule has 2 aromatic carbocycles. The smallest absolute Gasteiger partial charge is 0.338 e. The van der Waals surface area contributed by atoms with E-state index in [2.05, 4.69) is 33.8 Å². The number of ether oxygens (including phenoxy) is 3. The summed E-state index contributed by atoms with van der Waals surface area (Å²) < 4.78 is 17.1. The topological polar surface area (TPSA) is 44.8 Å². The Morgan fingerprint density at radius 2 is 1.69 bits per heavy atom. The molecule has 0 unspecified atom stereocenters. The van der Waals surface area contributed by atoms with Crippen molar-refractivity contribution in [1.82, 2.24) is 0 Å². The number of esters is 1. The van der Waals surface area contributed by atoms with E-state index in [0.717, 1.165) is 12.2 Å². The van der Waals surface area contributed by atoms with Gasteiger partial charge in [-0.05, 0) is 62.9 Å². The van der Waals surface area contributed by atoms with Crippen LogP contribution in [0, 0.1) is 0 Å². The Morgan fingerprint density at radius 1 is 1.04 bits per heavy atom. The van der Waals surface area contributed by atoms with Crippen molar-refractivity contribution in [2.24, 2.45) is 0 Å². The van der Waals surface area contributed by atoms with Crippen LogP contribution in [0.25, 0.3) is 0 Å². The van der Waals surface area contributed by atoms with Gasteiger partial charge in [-0.15, -0.1) is 0 Å². The zero-order chi connectivity index (χ0) is 18.9. The fourth-order valence-corrected chi connectivity index (χ4v) is 3.71. The van der Waals surface area contributed by atoms with Crippen LogP contribution < -0.4 is 9.47 Å². The first-order chi connectivity index (χ1) is 12.2. The van der Waals surface area contributed by atoms with E-state index < -0.39 is 0 Å². The fraction of sp³-hybridized carbons (Fsp3) is 0.409. The molecule has 0 aliphatic carbocycles. The minimum Gasteiger partial charge on any atom is -0.487 e. The van der Waals surface area contributed by atoms with E-state index in [1.165, 1.54) is 5.56 Å². The Labute approximate surface area is 155 Å². The standard InChI is InChI=1S/C22H26O4/c1-6-24-20(23)15-7-9-16(10-8-15)25-17-11-12-18-19(13-17)26-22(4,5)14-21(18,2)3/h7-13H,6,14H2,1-5H3. The summed E-state index contributed by atoms with van der Waals surface area (Å²) >= 11 is 0. The summed E-state index contributed by atoms with van der Waals surface area (Å²) in [7, 11) is 0. The molecule has 0 atom stereocenters. The number of carbonyl (C=O) groups excluding carboxylic acids is 1. The molecule has 0 N–H and O–H groups in total. The molecular weight excluding hydrogens is 328 g/mol. The van der Waals surface area contributed by atoms with Crippen LogP contribution in [-0.4, -0.2) is 18.2 Å². The number of fused-ring (bicyclic) bond motifs is 1. The Hall–Kier alpha value is -2.49. The third-order valence-electron chi connectivity index (χ3n) is 4.54. The zero-order valence-corrected chi connectivity index (χ0v) is 16.1. The summed E-state index contributed by atoms with van der Waals surface area (Å²) in [6.45, 7) is 10.9. The van der Waals surface area contributed by atoms with Crippen LogP contribution in [0.1, 0.15) is 57.0 Å². The van der Waals surface area contributed by atoms with Crippen LogP contribution in [0.15, 0.2) is 42.5 Å². The lowest BCUT2D eigenvalue weighted by Gasteiger charge is -2.42. The van der Waals surface area contributed by atoms with Crippen molar-refractivity contribution in [1.29, 1.82) is 0 Å². The molecule has 2 aromatic rings. The summed E-state index contributed by atoms with van der Waals surface area (Å²) in [5.74, 6) is 1.91. The normalized spacial score (nSPS) is 17.0. The average Bonchev–Trinajstić information content (AvgIpc) is 2.53. The van der Waals surface area contributed by atoms with E-state index in [9.17, 15) is 4.79 Å². The van der Waals surface area contributed by atoms with Crippen LogP contribution in [0.2, 0.25) is 0 Å². The van der Waals surface area contributed by atoms with Crippen molar-refractivity contribution >= 4 is 5.97 Å². The van der Waals surface area contributed by atoms with Gasteiger partial charge in [-0.25, -0.2) is 4.79 Å². The molecule has 0 aromatic heterocycles. The first kappa shape index (κ1) is 18.3. The molecule has 3 rings (SSSR count). The van der Waals surface area contributed by atoms with Crippen molar-refractivity contribution in [3.8, 4) is 17.2 Å². The molecule has 1 aliphatic rings. The third kappa shape index (κ3) is 3.85. The van der Waals surface area contributed by atoms with E-state index in [1.807, 2.05) is 12.1 Å². The van der Waals surface area contributed by atoms with Crippen molar-refractivity contribution in [3.63, 3.8) is 0 Å². The number of carbonyl (C=O) groups is 1. The second kappa shape index (κ2) is 6.67. The summed E-state index contributed by atoms with van der Waals surface area (Å²) in [5, 5.41) is 0. The largest absolute Gasteiger partial charge is 0.487 e. The maximum absolute atomic E-state index is 11.7. The number of benzene rings is 2. The first-order valence-corrected chi connectivity index (χ1v) is 8.99. The van der Waals surface area contributed by atoms with Gasteiger partial charge in [0.1, 0.15) is 22.8 Å². The molecule has 4 nitrogen and oxygen atoms in total.